The maximum Gasteiger partial charge on any atom is 0.0462 e. The molecule has 1 aliphatic rings. The van der Waals surface area contributed by atoms with Gasteiger partial charge >= 0.3 is 0 Å². The summed E-state index contributed by atoms with van der Waals surface area (Å²) in [5.41, 5.74) is 0.267. The van der Waals surface area contributed by atoms with Crippen LogP contribution in [0.25, 0.3) is 0 Å². The van der Waals surface area contributed by atoms with E-state index < -0.39 is 0 Å². The van der Waals surface area contributed by atoms with Gasteiger partial charge in [-0.2, -0.15) is 0 Å². The van der Waals surface area contributed by atoms with Crippen molar-refractivity contribution in [2.45, 2.75) is 64.8 Å². The molecule has 2 nitrogen and oxygen atoms in total. The van der Waals surface area contributed by atoms with Gasteiger partial charge in [0.15, 0.2) is 0 Å². The van der Waals surface area contributed by atoms with Crippen LogP contribution in [0, 0.1) is 11.8 Å². The van der Waals surface area contributed by atoms with E-state index in [0.717, 1.165) is 18.4 Å². The van der Waals surface area contributed by atoms with E-state index in [1.165, 1.54) is 45.1 Å². The second-order valence-corrected chi connectivity index (χ2v) is 6.57. The summed E-state index contributed by atoms with van der Waals surface area (Å²) in [7, 11) is 1.80. The molecule has 1 aliphatic carbocycles. The van der Waals surface area contributed by atoms with Gasteiger partial charge in [-0.05, 0) is 52.0 Å². The zero-order valence-corrected chi connectivity index (χ0v) is 12.2. The van der Waals surface area contributed by atoms with Crippen LogP contribution in [-0.4, -0.2) is 25.8 Å². The fourth-order valence-electron chi connectivity index (χ4n) is 2.85. The van der Waals surface area contributed by atoms with E-state index >= 15 is 0 Å². The first-order valence-corrected chi connectivity index (χ1v) is 7.27. The summed E-state index contributed by atoms with van der Waals surface area (Å²) in [6.07, 6.45) is 8.28. The highest BCUT2D eigenvalue weighted by molar-refractivity contribution is 4.82. The Hall–Kier alpha value is -0.0800. The fourth-order valence-corrected chi connectivity index (χ4v) is 2.85. The molecular weight excluding hydrogens is 210 g/mol. The summed E-state index contributed by atoms with van der Waals surface area (Å²) >= 11 is 0. The molecule has 0 aliphatic heterocycles. The maximum absolute atomic E-state index is 5.11. The molecule has 2 heteroatoms. The number of hydrogen-bond donors (Lipinski definition) is 1. The van der Waals surface area contributed by atoms with Crippen LogP contribution in [0.1, 0.15) is 59.3 Å². The minimum Gasteiger partial charge on any atom is -0.385 e. The number of ether oxygens (including phenoxy) is 1. The summed E-state index contributed by atoms with van der Waals surface area (Å²) in [5, 5.41) is 3.67. The van der Waals surface area contributed by atoms with Crippen molar-refractivity contribution in [3.8, 4) is 0 Å². The van der Waals surface area contributed by atoms with E-state index in [0.29, 0.717) is 0 Å². The van der Waals surface area contributed by atoms with Gasteiger partial charge in [0.2, 0.25) is 0 Å². The second-order valence-electron chi connectivity index (χ2n) is 6.57. The van der Waals surface area contributed by atoms with E-state index in [4.69, 9.17) is 4.74 Å². The molecule has 0 aromatic carbocycles. The van der Waals surface area contributed by atoms with Gasteiger partial charge in [-0.1, -0.05) is 25.7 Å². The first-order chi connectivity index (χ1) is 8.03. The number of hydrogen-bond acceptors (Lipinski definition) is 2. The Morgan fingerprint density at radius 2 is 1.82 bits per heavy atom. The molecule has 102 valence electrons. The maximum atomic E-state index is 5.11. The van der Waals surface area contributed by atoms with Crippen LogP contribution >= 0.6 is 0 Å². The SMILES string of the molecule is COCCCCC1CCCC1CNC(C)(C)C. The largest absolute Gasteiger partial charge is 0.385 e. The van der Waals surface area contributed by atoms with Crippen molar-refractivity contribution in [1.29, 1.82) is 0 Å². The van der Waals surface area contributed by atoms with E-state index in [2.05, 4.69) is 26.1 Å². The minimum atomic E-state index is 0.267. The average Bonchev–Trinajstić information content (AvgIpc) is 2.68. The van der Waals surface area contributed by atoms with Gasteiger partial charge in [0.05, 0.1) is 0 Å². The smallest absolute Gasteiger partial charge is 0.0462 e. The standard InChI is InChI=1S/C15H31NO/c1-15(2,3)16-12-14-10-7-9-13(14)8-5-6-11-17-4/h13-14,16H,5-12H2,1-4H3. The third-order valence-electron chi connectivity index (χ3n) is 3.88. The van der Waals surface area contributed by atoms with Crippen molar-refractivity contribution in [2.24, 2.45) is 11.8 Å². The lowest BCUT2D eigenvalue weighted by Gasteiger charge is -2.26. The Morgan fingerprint density at radius 3 is 2.47 bits per heavy atom. The lowest BCUT2D eigenvalue weighted by atomic mass is 9.90. The summed E-state index contributed by atoms with van der Waals surface area (Å²) in [5.74, 6) is 1.87. The van der Waals surface area contributed by atoms with E-state index in [9.17, 15) is 0 Å². The quantitative estimate of drug-likeness (QED) is 0.688. The van der Waals surface area contributed by atoms with Gasteiger partial charge in [-0.25, -0.2) is 0 Å². The van der Waals surface area contributed by atoms with Crippen LogP contribution in [0.3, 0.4) is 0 Å². The zero-order chi connectivity index (χ0) is 12.7. The highest BCUT2D eigenvalue weighted by atomic mass is 16.5. The molecule has 1 N–H and O–H groups in total. The third kappa shape index (κ3) is 6.42. The highest BCUT2D eigenvalue weighted by Gasteiger charge is 2.27. The van der Waals surface area contributed by atoms with Gasteiger partial charge in [-0.15, -0.1) is 0 Å². The summed E-state index contributed by atoms with van der Waals surface area (Å²) in [6, 6.07) is 0. The zero-order valence-electron chi connectivity index (χ0n) is 12.2. The molecule has 0 saturated heterocycles. The predicted octanol–water partition coefficient (Wildman–Crippen LogP) is 3.61. The topological polar surface area (TPSA) is 21.3 Å². The Balaban J connectivity index is 2.19. The van der Waals surface area contributed by atoms with Crippen molar-refractivity contribution in [2.75, 3.05) is 20.3 Å². The van der Waals surface area contributed by atoms with Gasteiger partial charge < -0.3 is 10.1 Å². The minimum absolute atomic E-state index is 0.267. The van der Waals surface area contributed by atoms with Crippen molar-refractivity contribution < 1.29 is 4.74 Å². The molecule has 0 radical (unpaired) electrons. The molecular formula is C15H31NO. The molecule has 2 atom stereocenters. The normalized spacial score (nSPS) is 25.4. The summed E-state index contributed by atoms with van der Waals surface area (Å²) in [6.45, 7) is 8.91. The molecule has 0 aromatic heterocycles. The molecule has 1 fully saturated rings. The lowest BCUT2D eigenvalue weighted by Crippen LogP contribution is -2.39. The molecule has 17 heavy (non-hydrogen) atoms. The predicted molar refractivity (Wildman–Crippen MR) is 74.3 cm³/mol. The van der Waals surface area contributed by atoms with Crippen LogP contribution < -0.4 is 5.32 Å². The lowest BCUT2D eigenvalue weighted by molar-refractivity contribution is 0.188. The van der Waals surface area contributed by atoms with Gasteiger partial charge in [-0.3, -0.25) is 0 Å². The molecule has 0 aromatic rings. The van der Waals surface area contributed by atoms with Gasteiger partial charge in [0.25, 0.3) is 0 Å². The third-order valence-corrected chi connectivity index (χ3v) is 3.88. The Labute approximate surface area is 108 Å². The van der Waals surface area contributed by atoms with E-state index in [1.54, 1.807) is 7.11 Å². The van der Waals surface area contributed by atoms with Crippen molar-refractivity contribution in [1.82, 2.24) is 5.32 Å². The Morgan fingerprint density at radius 1 is 1.12 bits per heavy atom. The molecule has 2 unspecified atom stereocenters. The molecule has 0 bridgehead atoms. The highest BCUT2D eigenvalue weighted by Crippen LogP contribution is 2.35. The number of nitrogens with one attached hydrogen (secondary N) is 1. The number of rotatable bonds is 7. The molecule has 1 saturated carbocycles. The van der Waals surface area contributed by atoms with Crippen molar-refractivity contribution in [3.63, 3.8) is 0 Å². The fraction of sp³-hybridized carbons (Fsp3) is 1.00. The van der Waals surface area contributed by atoms with Gasteiger partial charge in [0.1, 0.15) is 0 Å². The van der Waals surface area contributed by atoms with Crippen LogP contribution in [-0.2, 0) is 4.74 Å². The van der Waals surface area contributed by atoms with Crippen molar-refractivity contribution >= 4 is 0 Å². The first-order valence-electron chi connectivity index (χ1n) is 7.27. The molecule has 1 rings (SSSR count). The first kappa shape index (κ1) is 15.0. The van der Waals surface area contributed by atoms with E-state index in [-0.39, 0.29) is 5.54 Å². The van der Waals surface area contributed by atoms with Crippen molar-refractivity contribution in [3.05, 3.63) is 0 Å². The molecule has 0 spiro atoms. The molecule has 0 heterocycles. The van der Waals surface area contributed by atoms with Crippen LogP contribution in [0.2, 0.25) is 0 Å². The second kappa shape index (κ2) is 7.38. The number of methoxy groups -OCH3 is 1. The number of unbranched alkanes of at least 4 members (excludes halogenated alkanes) is 1. The average molecular weight is 241 g/mol. The Bertz CT molecular complexity index is 198. The summed E-state index contributed by atoms with van der Waals surface area (Å²) < 4.78 is 5.11. The van der Waals surface area contributed by atoms with Crippen LogP contribution in [0.5, 0.6) is 0 Å². The van der Waals surface area contributed by atoms with Crippen LogP contribution in [0.4, 0.5) is 0 Å². The molecule has 0 amide bonds. The van der Waals surface area contributed by atoms with Gasteiger partial charge in [0, 0.05) is 19.3 Å². The van der Waals surface area contributed by atoms with Crippen LogP contribution in [0.15, 0.2) is 0 Å². The Kier molecular flexibility index (Phi) is 6.50. The summed E-state index contributed by atoms with van der Waals surface area (Å²) in [4.78, 5) is 0. The van der Waals surface area contributed by atoms with E-state index in [1.807, 2.05) is 0 Å². The monoisotopic (exact) mass is 241 g/mol.